The number of hydrogen-bond donors (Lipinski definition) is 1. The van der Waals surface area contributed by atoms with Gasteiger partial charge in [0, 0.05) is 37.5 Å². The van der Waals surface area contributed by atoms with Gasteiger partial charge in [0.15, 0.2) is 0 Å². The van der Waals surface area contributed by atoms with Gasteiger partial charge in [0.05, 0.1) is 18.7 Å². The largest absolute Gasteiger partial charge is 0.472 e. The monoisotopic (exact) mass is 191 g/mol. The number of furan rings is 1. The lowest BCUT2D eigenvalue weighted by atomic mass is 10.3. The van der Waals surface area contributed by atoms with Crippen LogP contribution in [0.4, 0.5) is 0 Å². The zero-order chi connectivity index (χ0) is 9.80. The highest BCUT2D eigenvalue weighted by Crippen LogP contribution is 2.00. The molecule has 0 saturated heterocycles. The van der Waals surface area contributed by atoms with E-state index in [1.165, 1.54) is 5.56 Å². The van der Waals surface area contributed by atoms with E-state index in [4.69, 9.17) is 4.42 Å². The van der Waals surface area contributed by atoms with Crippen LogP contribution in [0.1, 0.15) is 11.1 Å². The van der Waals surface area contributed by atoms with Crippen molar-refractivity contribution in [2.24, 2.45) is 7.05 Å². The second kappa shape index (κ2) is 4.11. The molecule has 4 nitrogen and oxygen atoms in total. The molecule has 0 fully saturated rings. The fourth-order valence-corrected chi connectivity index (χ4v) is 1.31. The van der Waals surface area contributed by atoms with Gasteiger partial charge in [0.2, 0.25) is 0 Å². The molecule has 74 valence electrons. The molecule has 14 heavy (non-hydrogen) atoms. The van der Waals surface area contributed by atoms with Crippen LogP contribution in [0.3, 0.4) is 0 Å². The highest BCUT2D eigenvalue weighted by Gasteiger charge is 1.96. The summed E-state index contributed by atoms with van der Waals surface area (Å²) in [4.78, 5) is 0. The van der Waals surface area contributed by atoms with Gasteiger partial charge in [-0.2, -0.15) is 5.10 Å². The summed E-state index contributed by atoms with van der Waals surface area (Å²) in [6.45, 7) is 1.66. The number of rotatable bonds is 4. The molecule has 4 heteroatoms. The summed E-state index contributed by atoms with van der Waals surface area (Å²) >= 11 is 0. The molecule has 0 bridgehead atoms. The Labute approximate surface area is 82.5 Å². The van der Waals surface area contributed by atoms with E-state index in [9.17, 15) is 0 Å². The summed E-state index contributed by atoms with van der Waals surface area (Å²) in [5.41, 5.74) is 2.35. The number of hydrogen-bond acceptors (Lipinski definition) is 3. The Morgan fingerprint density at radius 2 is 2.29 bits per heavy atom. The van der Waals surface area contributed by atoms with Gasteiger partial charge < -0.3 is 9.73 Å². The van der Waals surface area contributed by atoms with Crippen molar-refractivity contribution in [2.75, 3.05) is 0 Å². The lowest BCUT2D eigenvalue weighted by molar-refractivity contribution is 0.560. The van der Waals surface area contributed by atoms with Gasteiger partial charge >= 0.3 is 0 Å². The van der Waals surface area contributed by atoms with Crippen LogP contribution in [0.5, 0.6) is 0 Å². The maximum Gasteiger partial charge on any atom is 0.0947 e. The first-order chi connectivity index (χ1) is 6.84. The Kier molecular flexibility index (Phi) is 2.65. The van der Waals surface area contributed by atoms with Crippen molar-refractivity contribution in [3.8, 4) is 0 Å². The van der Waals surface area contributed by atoms with Crippen LogP contribution < -0.4 is 5.32 Å². The third-order valence-corrected chi connectivity index (χ3v) is 2.00. The standard InChI is InChI=1S/C10H13N3O/c1-13-7-10(6-12-13)5-11-4-9-2-3-14-8-9/h2-3,6-8,11H,4-5H2,1H3. The first kappa shape index (κ1) is 9.02. The molecule has 2 heterocycles. The van der Waals surface area contributed by atoms with E-state index in [1.54, 1.807) is 17.2 Å². The van der Waals surface area contributed by atoms with Crippen molar-refractivity contribution < 1.29 is 4.42 Å². The van der Waals surface area contributed by atoms with Crippen molar-refractivity contribution in [1.82, 2.24) is 15.1 Å². The molecule has 0 atom stereocenters. The van der Waals surface area contributed by atoms with Crippen LogP contribution >= 0.6 is 0 Å². The van der Waals surface area contributed by atoms with Crippen molar-refractivity contribution >= 4 is 0 Å². The predicted octanol–water partition coefficient (Wildman–Crippen LogP) is 1.30. The number of aryl methyl sites for hydroxylation is 1. The van der Waals surface area contributed by atoms with Crippen LogP contribution in [0, 0.1) is 0 Å². The molecule has 0 unspecified atom stereocenters. The summed E-state index contributed by atoms with van der Waals surface area (Å²) in [7, 11) is 1.92. The fourth-order valence-electron chi connectivity index (χ4n) is 1.31. The van der Waals surface area contributed by atoms with E-state index in [0.29, 0.717) is 0 Å². The van der Waals surface area contributed by atoms with E-state index >= 15 is 0 Å². The summed E-state index contributed by atoms with van der Waals surface area (Å²) in [6.07, 6.45) is 7.29. The van der Waals surface area contributed by atoms with Gasteiger partial charge in [0.25, 0.3) is 0 Å². The molecule has 0 saturated carbocycles. The average Bonchev–Trinajstić information content (AvgIpc) is 2.77. The lowest BCUT2D eigenvalue weighted by Gasteiger charge is -1.99. The van der Waals surface area contributed by atoms with Crippen molar-refractivity contribution in [3.63, 3.8) is 0 Å². The van der Waals surface area contributed by atoms with Gasteiger partial charge in [-0.05, 0) is 6.07 Å². The smallest absolute Gasteiger partial charge is 0.0947 e. The van der Waals surface area contributed by atoms with Gasteiger partial charge in [-0.15, -0.1) is 0 Å². The molecule has 0 aromatic carbocycles. The normalized spacial score (nSPS) is 10.6. The predicted molar refractivity (Wildman–Crippen MR) is 52.5 cm³/mol. The Bertz CT molecular complexity index is 378. The molecule has 0 aliphatic heterocycles. The zero-order valence-corrected chi connectivity index (χ0v) is 8.10. The topological polar surface area (TPSA) is 43.0 Å². The first-order valence-electron chi connectivity index (χ1n) is 4.54. The van der Waals surface area contributed by atoms with Crippen molar-refractivity contribution in [2.45, 2.75) is 13.1 Å². The Morgan fingerprint density at radius 3 is 2.93 bits per heavy atom. The zero-order valence-electron chi connectivity index (χ0n) is 8.10. The minimum atomic E-state index is 0.825. The van der Waals surface area contributed by atoms with Crippen LogP contribution in [-0.2, 0) is 20.1 Å². The van der Waals surface area contributed by atoms with Crippen LogP contribution in [-0.4, -0.2) is 9.78 Å². The summed E-state index contributed by atoms with van der Waals surface area (Å²) in [6, 6.07) is 1.95. The third kappa shape index (κ3) is 2.23. The first-order valence-corrected chi connectivity index (χ1v) is 4.54. The quantitative estimate of drug-likeness (QED) is 0.792. The maximum absolute atomic E-state index is 4.96. The second-order valence-electron chi connectivity index (χ2n) is 3.26. The highest BCUT2D eigenvalue weighted by atomic mass is 16.3. The fraction of sp³-hybridized carbons (Fsp3) is 0.300. The molecule has 0 aliphatic carbocycles. The molecular weight excluding hydrogens is 178 g/mol. The van der Waals surface area contributed by atoms with E-state index in [-0.39, 0.29) is 0 Å². The summed E-state index contributed by atoms with van der Waals surface area (Å²) in [5, 5.41) is 7.39. The molecule has 2 rings (SSSR count). The summed E-state index contributed by atoms with van der Waals surface area (Å²) in [5.74, 6) is 0. The molecule has 0 radical (unpaired) electrons. The van der Waals surface area contributed by atoms with Crippen LogP contribution in [0.25, 0.3) is 0 Å². The third-order valence-electron chi connectivity index (χ3n) is 2.00. The van der Waals surface area contributed by atoms with Crippen molar-refractivity contribution in [1.29, 1.82) is 0 Å². The lowest BCUT2D eigenvalue weighted by Crippen LogP contribution is -2.11. The molecule has 0 amide bonds. The second-order valence-corrected chi connectivity index (χ2v) is 3.26. The van der Waals surface area contributed by atoms with Gasteiger partial charge in [-0.25, -0.2) is 0 Å². The minimum absolute atomic E-state index is 0.825. The molecule has 2 aromatic heterocycles. The van der Waals surface area contributed by atoms with E-state index in [1.807, 2.05) is 25.5 Å². The van der Waals surface area contributed by atoms with Crippen LogP contribution in [0.2, 0.25) is 0 Å². The Hall–Kier alpha value is -1.55. The Morgan fingerprint density at radius 1 is 1.43 bits per heavy atom. The number of nitrogens with zero attached hydrogens (tertiary/aromatic N) is 2. The minimum Gasteiger partial charge on any atom is -0.472 e. The molecule has 0 aliphatic rings. The number of nitrogens with one attached hydrogen (secondary N) is 1. The SMILES string of the molecule is Cn1cc(CNCc2ccoc2)cn1. The maximum atomic E-state index is 4.96. The van der Waals surface area contributed by atoms with Crippen LogP contribution in [0.15, 0.2) is 35.4 Å². The van der Waals surface area contributed by atoms with E-state index in [0.717, 1.165) is 18.7 Å². The van der Waals surface area contributed by atoms with Gasteiger partial charge in [0.1, 0.15) is 0 Å². The molecule has 0 spiro atoms. The van der Waals surface area contributed by atoms with E-state index in [2.05, 4.69) is 10.4 Å². The Balaban J connectivity index is 1.78. The molecule has 1 N–H and O–H groups in total. The molecule has 2 aromatic rings. The average molecular weight is 191 g/mol. The summed E-state index contributed by atoms with van der Waals surface area (Å²) < 4.78 is 6.77. The highest BCUT2D eigenvalue weighted by molar-refractivity contribution is 5.06. The van der Waals surface area contributed by atoms with E-state index < -0.39 is 0 Å². The van der Waals surface area contributed by atoms with Gasteiger partial charge in [-0.3, -0.25) is 4.68 Å². The van der Waals surface area contributed by atoms with Gasteiger partial charge in [-0.1, -0.05) is 0 Å². The van der Waals surface area contributed by atoms with Crippen molar-refractivity contribution in [3.05, 3.63) is 42.1 Å². The number of aromatic nitrogens is 2. The molecular formula is C10H13N3O.